The predicted octanol–water partition coefficient (Wildman–Crippen LogP) is 15.2. The molecule has 0 amide bonds. The topological polar surface area (TPSA) is 32.8 Å². The van der Waals surface area contributed by atoms with E-state index in [1.807, 2.05) is 36.8 Å². The molecule has 0 spiro atoms. The zero-order chi connectivity index (χ0) is 45.1. The van der Waals surface area contributed by atoms with Crippen LogP contribution in [0.1, 0.15) is 58.2 Å². The van der Waals surface area contributed by atoms with Crippen molar-refractivity contribution in [2.75, 3.05) is 9.80 Å². The summed E-state index contributed by atoms with van der Waals surface area (Å²) < 4.78 is 12.5. The Balaban J connectivity index is 1.17. The molecule has 2 aromatic heterocycles. The summed E-state index contributed by atoms with van der Waals surface area (Å²) in [5.74, 6) is 0. The molecule has 2 aliphatic rings. The fraction of sp³-hybridized carbons (Fsp3) is 0.148. The summed E-state index contributed by atoms with van der Waals surface area (Å²) >= 11 is 0. The molecule has 0 atom stereocenters. The van der Waals surface area contributed by atoms with Gasteiger partial charge < -0.3 is 18.6 Å². The Morgan fingerprint density at radius 2 is 0.970 bits per heavy atom. The third-order valence-corrected chi connectivity index (χ3v) is 13.9. The summed E-state index contributed by atoms with van der Waals surface area (Å²) in [7, 11) is 0. The monoisotopic (exact) mass is 854 g/mol. The summed E-state index contributed by atoms with van der Waals surface area (Å²) in [5.41, 5.74) is 23.0. The fourth-order valence-electron chi connectivity index (χ4n) is 10.5. The van der Waals surface area contributed by atoms with Crippen molar-refractivity contribution in [1.29, 1.82) is 0 Å². The first-order chi connectivity index (χ1) is 31.9. The van der Waals surface area contributed by atoms with E-state index in [-0.39, 0.29) is 17.5 Å². The van der Waals surface area contributed by atoms with E-state index in [9.17, 15) is 0 Å². The number of nitrogens with zero attached hydrogens (tertiary/aromatic N) is 2. The molecule has 0 saturated heterocycles. The Labute approximate surface area is 387 Å². The Morgan fingerprint density at radius 3 is 1.58 bits per heavy atom. The number of rotatable bonds is 5. The molecular weight excluding hydrogens is 803 g/mol. The van der Waals surface area contributed by atoms with Crippen LogP contribution in [0.4, 0.5) is 34.1 Å². The smallest absolute Gasteiger partial charge is 0.252 e. The molecule has 12 rings (SSSR count). The van der Waals surface area contributed by atoms with Gasteiger partial charge in [-0.2, -0.15) is 0 Å². The lowest BCUT2D eigenvalue weighted by molar-refractivity contribution is 0.590. The molecule has 10 aromatic rings. The molecule has 66 heavy (non-hydrogen) atoms. The van der Waals surface area contributed by atoms with Gasteiger partial charge in [-0.15, -0.1) is 0 Å². The molecule has 0 unspecified atom stereocenters. The second-order valence-corrected chi connectivity index (χ2v) is 20.3. The molecule has 2 aliphatic heterocycles. The maximum Gasteiger partial charge on any atom is 0.252 e. The van der Waals surface area contributed by atoms with Crippen LogP contribution in [0.2, 0.25) is 0 Å². The van der Waals surface area contributed by atoms with E-state index < -0.39 is 0 Å². The van der Waals surface area contributed by atoms with Crippen molar-refractivity contribution >= 4 is 79.2 Å². The number of anilines is 6. The predicted molar refractivity (Wildman–Crippen MR) is 278 cm³/mol. The lowest BCUT2D eigenvalue weighted by Crippen LogP contribution is -2.61. The van der Waals surface area contributed by atoms with Gasteiger partial charge in [0.15, 0.2) is 0 Å². The van der Waals surface area contributed by atoms with Crippen LogP contribution in [-0.4, -0.2) is 6.71 Å². The maximum absolute atomic E-state index is 6.24. The van der Waals surface area contributed by atoms with Gasteiger partial charge in [-0.25, -0.2) is 0 Å². The van der Waals surface area contributed by atoms with Crippen LogP contribution in [0.15, 0.2) is 191 Å². The highest BCUT2D eigenvalue weighted by molar-refractivity contribution is 7.00. The Hall–Kier alpha value is -7.50. The number of furan rings is 2. The summed E-state index contributed by atoms with van der Waals surface area (Å²) in [4.78, 5) is 5.07. The van der Waals surface area contributed by atoms with Crippen molar-refractivity contribution in [3.05, 3.63) is 199 Å². The fourth-order valence-corrected chi connectivity index (χ4v) is 10.5. The highest BCUT2D eigenvalue weighted by Crippen LogP contribution is 2.48. The van der Waals surface area contributed by atoms with Gasteiger partial charge in [0.25, 0.3) is 6.71 Å². The van der Waals surface area contributed by atoms with Gasteiger partial charge in [0.2, 0.25) is 0 Å². The first-order valence-electron chi connectivity index (χ1n) is 23.2. The molecule has 8 aromatic carbocycles. The third kappa shape index (κ3) is 6.43. The van der Waals surface area contributed by atoms with E-state index in [4.69, 9.17) is 8.83 Å². The van der Waals surface area contributed by atoms with Gasteiger partial charge in [-0.05, 0) is 140 Å². The number of aryl methyl sites for hydroxylation is 1. The van der Waals surface area contributed by atoms with Crippen molar-refractivity contribution in [3.8, 4) is 33.4 Å². The minimum Gasteiger partial charge on any atom is -0.464 e. The van der Waals surface area contributed by atoms with E-state index in [2.05, 4.69) is 204 Å². The van der Waals surface area contributed by atoms with Crippen LogP contribution in [-0.2, 0) is 10.8 Å². The number of hydrogen-bond acceptors (Lipinski definition) is 4. The average molecular weight is 855 g/mol. The van der Waals surface area contributed by atoms with Crippen molar-refractivity contribution in [1.82, 2.24) is 0 Å². The number of para-hydroxylation sites is 2. The standard InChI is InChI=1S/C61H51BN2O2/c1-38-29-55-59-56(30-38)64(46-32-41(49-36-65-57-19-13-11-17-47(49)57)31-42(33-46)50-37-66-58-20-14-12-18-48(50)58)54-34-40(39-15-9-8-10-16-39)21-27-51(54)62(59)52-35-44(61(5,6)7)24-28-53(52)63(55)45-25-22-43(23-26-45)60(2,3)4/h8-37H,1-7H3. The maximum atomic E-state index is 6.24. The molecule has 5 heteroatoms. The average Bonchev–Trinajstić information content (AvgIpc) is 3.96. The highest BCUT2D eigenvalue weighted by atomic mass is 16.3. The van der Waals surface area contributed by atoms with Crippen molar-refractivity contribution in [2.45, 2.75) is 59.3 Å². The number of fused-ring (bicyclic) bond motifs is 6. The lowest BCUT2D eigenvalue weighted by atomic mass is 9.33. The zero-order valence-corrected chi connectivity index (χ0v) is 38.6. The van der Waals surface area contributed by atoms with E-state index in [0.717, 1.165) is 61.3 Å². The van der Waals surface area contributed by atoms with E-state index in [1.54, 1.807) is 0 Å². The zero-order valence-electron chi connectivity index (χ0n) is 38.6. The largest absolute Gasteiger partial charge is 0.464 e. The van der Waals surface area contributed by atoms with Gasteiger partial charge in [-0.3, -0.25) is 0 Å². The Kier molecular flexibility index (Phi) is 8.96. The van der Waals surface area contributed by atoms with Crippen molar-refractivity contribution in [2.24, 2.45) is 0 Å². The van der Waals surface area contributed by atoms with Gasteiger partial charge in [0.1, 0.15) is 11.2 Å². The van der Waals surface area contributed by atoms with Gasteiger partial charge >= 0.3 is 0 Å². The minimum absolute atomic E-state index is 0.0210. The normalized spacial score (nSPS) is 13.3. The summed E-state index contributed by atoms with van der Waals surface area (Å²) in [6, 6.07) is 62.9. The molecule has 0 saturated carbocycles. The Bertz CT molecular complexity index is 3440. The summed E-state index contributed by atoms with van der Waals surface area (Å²) in [6.07, 6.45) is 3.83. The number of benzene rings is 8. The van der Waals surface area contributed by atoms with Gasteiger partial charge in [0, 0.05) is 56.0 Å². The van der Waals surface area contributed by atoms with Crippen LogP contribution in [0.3, 0.4) is 0 Å². The lowest BCUT2D eigenvalue weighted by Gasteiger charge is -2.45. The molecule has 0 aliphatic carbocycles. The molecule has 0 fully saturated rings. The minimum atomic E-state index is -0.0450. The van der Waals surface area contributed by atoms with Crippen LogP contribution in [0.25, 0.3) is 55.3 Å². The summed E-state index contributed by atoms with van der Waals surface area (Å²) in [5, 5.41) is 2.16. The quantitative estimate of drug-likeness (QED) is 0.162. The molecule has 0 radical (unpaired) electrons. The molecule has 4 nitrogen and oxygen atoms in total. The SMILES string of the molecule is Cc1cc2c3c(c1)N(c1cc(-c4coc5ccccc45)cc(-c4coc5ccccc45)c1)c1cc(-c4ccccc4)ccc1B3c1cc(C(C)(C)C)ccc1N2c1ccc(C(C)(C)C)cc1. The van der Waals surface area contributed by atoms with Gasteiger partial charge in [0.05, 0.1) is 12.5 Å². The van der Waals surface area contributed by atoms with Gasteiger partial charge in [-0.1, -0.05) is 145 Å². The molecular formula is C61H51BN2O2. The molecule has 0 N–H and O–H groups in total. The first-order valence-corrected chi connectivity index (χ1v) is 23.2. The van der Waals surface area contributed by atoms with E-state index in [0.29, 0.717) is 0 Å². The van der Waals surface area contributed by atoms with E-state index in [1.165, 1.54) is 61.3 Å². The summed E-state index contributed by atoms with van der Waals surface area (Å²) in [6.45, 7) is 16.0. The first kappa shape index (κ1) is 40.0. The van der Waals surface area contributed by atoms with Crippen molar-refractivity contribution < 1.29 is 8.83 Å². The Morgan fingerprint density at radius 1 is 0.409 bits per heavy atom. The van der Waals surface area contributed by atoms with Crippen LogP contribution in [0, 0.1) is 6.92 Å². The number of hydrogen-bond donors (Lipinski definition) is 0. The van der Waals surface area contributed by atoms with Crippen molar-refractivity contribution in [3.63, 3.8) is 0 Å². The van der Waals surface area contributed by atoms with Crippen LogP contribution in [0.5, 0.6) is 0 Å². The third-order valence-electron chi connectivity index (χ3n) is 13.9. The van der Waals surface area contributed by atoms with Crippen LogP contribution >= 0.6 is 0 Å². The highest BCUT2D eigenvalue weighted by Gasteiger charge is 2.44. The molecule has 320 valence electrons. The van der Waals surface area contributed by atoms with E-state index >= 15 is 0 Å². The molecule has 4 heterocycles. The molecule has 0 bridgehead atoms. The second-order valence-electron chi connectivity index (χ2n) is 20.3. The second kappa shape index (κ2) is 14.8. The van der Waals surface area contributed by atoms with Crippen LogP contribution < -0.4 is 26.2 Å².